The van der Waals surface area contributed by atoms with Gasteiger partial charge in [-0.3, -0.25) is 10.8 Å². The number of piperidine rings is 1. The molecule has 0 aromatic heterocycles. The topological polar surface area (TPSA) is 111 Å². The SMILES string of the molecule is CN1CCC(COc2ccc(N/N=C(\C#N)C(=N)N)cc2)CC1. The summed E-state index contributed by atoms with van der Waals surface area (Å²) in [6.45, 7) is 3.00. The molecule has 0 spiro atoms. The fraction of sp³-hybridized carbons (Fsp3) is 0.438. The van der Waals surface area contributed by atoms with Crippen LogP contribution >= 0.6 is 0 Å². The molecule has 0 atom stereocenters. The van der Waals surface area contributed by atoms with Gasteiger partial charge in [0.1, 0.15) is 11.8 Å². The Morgan fingerprint density at radius 1 is 1.43 bits per heavy atom. The van der Waals surface area contributed by atoms with Crippen LogP contribution in [0.5, 0.6) is 5.75 Å². The monoisotopic (exact) mass is 314 g/mol. The number of hydrazone groups is 1. The number of anilines is 1. The zero-order valence-corrected chi connectivity index (χ0v) is 13.2. The number of nitriles is 1. The third-order valence-corrected chi connectivity index (χ3v) is 3.84. The number of rotatable bonds is 6. The van der Waals surface area contributed by atoms with Gasteiger partial charge in [0.05, 0.1) is 12.3 Å². The van der Waals surface area contributed by atoms with Gasteiger partial charge in [-0.15, -0.1) is 0 Å². The lowest BCUT2D eigenvalue weighted by Crippen LogP contribution is -2.32. The lowest BCUT2D eigenvalue weighted by atomic mass is 9.98. The summed E-state index contributed by atoms with van der Waals surface area (Å²) >= 11 is 0. The highest BCUT2D eigenvalue weighted by atomic mass is 16.5. The van der Waals surface area contributed by atoms with Crippen LogP contribution in [0.25, 0.3) is 0 Å². The van der Waals surface area contributed by atoms with Crippen molar-refractivity contribution in [3.05, 3.63) is 24.3 Å². The Kier molecular flexibility index (Phi) is 5.94. The van der Waals surface area contributed by atoms with Gasteiger partial charge in [-0.05, 0) is 63.2 Å². The van der Waals surface area contributed by atoms with Crippen LogP contribution in [0.1, 0.15) is 12.8 Å². The lowest BCUT2D eigenvalue weighted by Gasteiger charge is -2.28. The molecule has 122 valence electrons. The number of nitrogens with two attached hydrogens (primary N) is 1. The van der Waals surface area contributed by atoms with Gasteiger partial charge < -0.3 is 15.4 Å². The largest absolute Gasteiger partial charge is 0.493 e. The highest BCUT2D eigenvalue weighted by Gasteiger charge is 2.17. The highest BCUT2D eigenvalue weighted by Crippen LogP contribution is 2.20. The van der Waals surface area contributed by atoms with Crippen LogP contribution in [0.4, 0.5) is 5.69 Å². The summed E-state index contributed by atoms with van der Waals surface area (Å²) in [5.41, 5.74) is 8.47. The van der Waals surface area contributed by atoms with Gasteiger partial charge in [0, 0.05) is 0 Å². The maximum absolute atomic E-state index is 8.76. The highest BCUT2D eigenvalue weighted by molar-refractivity contribution is 6.45. The molecule has 0 saturated carbocycles. The molecule has 1 saturated heterocycles. The lowest BCUT2D eigenvalue weighted by molar-refractivity contribution is 0.160. The van der Waals surface area contributed by atoms with Gasteiger partial charge in [0.2, 0.25) is 5.71 Å². The van der Waals surface area contributed by atoms with Crippen LogP contribution in [0.3, 0.4) is 0 Å². The summed E-state index contributed by atoms with van der Waals surface area (Å²) in [6.07, 6.45) is 2.35. The Labute approximate surface area is 136 Å². The molecule has 2 rings (SSSR count). The first-order valence-corrected chi connectivity index (χ1v) is 7.58. The van der Waals surface area contributed by atoms with E-state index in [0.717, 1.165) is 25.4 Å². The number of amidine groups is 1. The van der Waals surface area contributed by atoms with Gasteiger partial charge >= 0.3 is 0 Å². The zero-order chi connectivity index (χ0) is 16.7. The number of hydrogen-bond donors (Lipinski definition) is 3. The van der Waals surface area contributed by atoms with E-state index in [1.807, 2.05) is 24.3 Å². The fourth-order valence-corrected chi connectivity index (χ4v) is 2.33. The van der Waals surface area contributed by atoms with Crippen LogP contribution in [0, 0.1) is 22.7 Å². The maximum atomic E-state index is 8.76. The predicted octanol–water partition coefficient (Wildman–Crippen LogP) is 1.63. The second-order valence-corrected chi connectivity index (χ2v) is 5.68. The fourth-order valence-electron chi connectivity index (χ4n) is 2.33. The number of ether oxygens (including phenoxy) is 1. The van der Waals surface area contributed by atoms with E-state index in [1.54, 1.807) is 6.07 Å². The van der Waals surface area contributed by atoms with Crippen molar-refractivity contribution in [3.63, 3.8) is 0 Å². The predicted molar refractivity (Wildman–Crippen MR) is 90.7 cm³/mol. The van der Waals surface area contributed by atoms with E-state index in [2.05, 4.69) is 22.5 Å². The van der Waals surface area contributed by atoms with Crippen molar-refractivity contribution in [3.8, 4) is 11.8 Å². The van der Waals surface area contributed by atoms with Crippen molar-refractivity contribution in [2.75, 3.05) is 32.2 Å². The zero-order valence-electron chi connectivity index (χ0n) is 13.2. The van der Waals surface area contributed by atoms with E-state index >= 15 is 0 Å². The Morgan fingerprint density at radius 3 is 2.65 bits per heavy atom. The van der Waals surface area contributed by atoms with E-state index in [9.17, 15) is 0 Å². The second kappa shape index (κ2) is 8.15. The number of benzene rings is 1. The molecule has 0 radical (unpaired) electrons. The molecule has 1 aromatic rings. The summed E-state index contributed by atoms with van der Waals surface area (Å²) in [4.78, 5) is 2.34. The Morgan fingerprint density at radius 2 is 2.09 bits per heavy atom. The first-order valence-electron chi connectivity index (χ1n) is 7.58. The summed E-state index contributed by atoms with van der Waals surface area (Å²) < 4.78 is 5.83. The van der Waals surface area contributed by atoms with Gasteiger partial charge in [-0.1, -0.05) is 0 Å². The average molecular weight is 314 g/mol. The number of likely N-dealkylation sites (tertiary alicyclic amines) is 1. The molecule has 7 nitrogen and oxygen atoms in total. The van der Waals surface area contributed by atoms with Crippen LogP contribution < -0.4 is 15.9 Å². The van der Waals surface area contributed by atoms with Gasteiger partial charge in [0.25, 0.3) is 0 Å². The molecular weight excluding hydrogens is 292 g/mol. The standard InChI is InChI=1S/C16H22N6O/c1-22-8-6-12(7-9-22)11-23-14-4-2-13(3-5-14)20-21-15(10-17)16(18)19/h2-5,12,20H,6-9,11H2,1H3,(H3,18,19)/b21-15+. The maximum Gasteiger partial charge on any atom is 0.201 e. The summed E-state index contributed by atoms with van der Waals surface area (Å²) in [6, 6.07) is 9.08. The minimum Gasteiger partial charge on any atom is -0.493 e. The van der Waals surface area contributed by atoms with Crippen LogP contribution in [-0.4, -0.2) is 43.2 Å². The van der Waals surface area contributed by atoms with Crippen molar-refractivity contribution in [1.82, 2.24) is 4.90 Å². The van der Waals surface area contributed by atoms with Gasteiger partial charge in [0.15, 0.2) is 5.84 Å². The van der Waals surface area contributed by atoms with E-state index < -0.39 is 0 Å². The molecule has 4 N–H and O–H groups in total. The minimum absolute atomic E-state index is 0.146. The molecule has 1 fully saturated rings. The molecular formula is C16H22N6O. The van der Waals surface area contributed by atoms with E-state index in [0.29, 0.717) is 11.6 Å². The first-order chi connectivity index (χ1) is 11.1. The summed E-state index contributed by atoms with van der Waals surface area (Å²) in [7, 11) is 2.15. The van der Waals surface area contributed by atoms with E-state index in [1.165, 1.54) is 12.8 Å². The molecule has 0 bridgehead atoms. The molecule has 23 heavy (non-hydrogen) atoms. The summed E-state index contributed by atoms with van der Waals surface area (Å²) in [5.74, 6) is 1.06. The molecule has 1 aromatic carbocycles. The third-order valence-electron chi connectivity index (χ3n) is 3.84. The molecule has 0 unspecified atom stereocenters. The van der Waals surface area contributed by atoms with Gasteiger partial charge in [-0.2, -0.15) is 10.4 Å². The summed E-state index contributed by atoms with van der Waals surface area (Å²) in [5, 5.41) is 19.7. The Bertz CT molecular complexity index is 596. The normalized spacial score (nSPS) is 16.6. The Balaban J connectivity index is 1.83. The molecule has 0 aliphatic carbocycles. The smallest absolute Gasteiger partial charge is 0.201 e. The third kappa shape index (κ3) is 5.27. The van der Waals surface area contributed by atoms with Crippen LogP contribution in [0.15, 0.2) is 29.4 Å². The Hall–Kier alpha value is -2.59. The number of nitrogens with one attached hydrogen (secondary N) is 2. The van der Waals surface area contributed by atoms with Crippen molar-refractivity contribution < 1.29 is 4.74 Å². The van der Waals surface area contributed by atoms with Crippen molar-refractivity contribution in [2.24, 2.45) is 16.8 Å². The molecule has 1 aliphatic heterocycles. The van der Waals surface area contributed by atoms with Crippen LogP contribution in [-0.2, 0) is 0 Å². The van der Waals surface area contributed by atoms with Crippen molar-refractivity contribution in [2.45, 2.75) is 12.8 Å². The number of hydrogen-bond acceptors (Lipinski definition) is 6. The van der Waals surface area contributed by atoms with Crippen molar-refractivity contribution >= 4 is 17.2 Å². The van der Waals surface area contributed by atoms with E-state index in [-0.39, 0.29) is 11.5 Å². The van der Waals surface area contributed by atoms with Crippen molar-refractivity contribution in [1.29, 1.82) is 10.7 Å². The van der Waals surface area contributed by atoms with Gasteiger partial charge in [-0.25, -0.2) is 0 Å². The minimum atomic E-state index is -0.363. The molecule has 0 amide bonds. The molecule has 1 heterocycles. The average Bonchev–Trinajstić information content (AvgIpc) is 2.56. The molecule has 7 heteroatoms. The number of nitrogens with zero attached hydrogens (tertiary/aromatic N) is 3. The first kappa shape index (κ1) is 16.8. The quantitative estimate of drug-likeness (QED) is 0.420. The van der Waals surface area contributed by atoms with E-state index in [4.69, 9.17) is 21.1 Å². The van der Waals surface area contributed by atoms with Crippen LogP contribution in [0.2, 0.25) is 0 Å². The second-order valence-electron chi connectivity index (χ2n) is 5.68. The molecule has 1 aliphatic rings.